The molecule has 2 aliphatic carbocycles. The van der Waals surface area contributed by atoms with Gasteiger partial charge in [0.25, 0.3) is 0 Å². The molecule has 6 rings (SSSR count). The van der Waals surface area contributed by atoms with Gasteiger partial charge >= 0.3 is 0 Å². The number of carbonyl (C=O) groups is 1. The number of hydrogen-bond acceptors (Lipinski definition) is 1. The highest BCUT2D eigenvalue weighted by atomic mass is 16.1. The van der Waals surface area contributed by atoms with E-state index in [1.807, 2.05) is 30.3 Å². The first-order valence-electron chi connectivity index (χ1n) is 11.8. The molecule has 0 aromatic heterocycles. The van der Waals surface area contributed by atoms with Crippen molar-refractivity contribution >= 4 is 19.7 Å². The van der Waals surface area contributed by atoms with E-state index in [1.165, 1.54) is 44.5 Å². The van der Waals surface area contributed by atoms with Crippen LogP contribution >= 0.6 is 0 Å². The standard InChI is InChI=1S/C33H23BO/c1-21(34)11-17-26-22(2)33(30-9-5-3-7-27(30)28-8-4-6-10-31(28)33)32-19-25(16-18-29(26)32)24-14-12-23(20-35)13-15-24/h3-20H,1H2,2H3/b17-11-. The Labute approximate surface area is 207 Å². The van der Waals surface area contributed by atoms with Crippen molar-refractivity contribution in [3.05, 3.63) is 149 Å². The van der Waals surface area contributed by atoms with Crippen LogP contribution < -0.4 is 0 Å². The molecule has 35 heavy (non-hydrogen) atoms. The van der Waals surface area contributed by atoms with E-state index in [4.69, 9.17) is 7.85 Å². The number of rotatable bonds is 4. The lowest BCUT2D eigenvalue weighted by Gasteiger charge is -2.31. The lowest BCUT2D eigenvalue weighted by molar-refractivity contribution is 0.112. The summed E-state index contributed by atoms with van der Waals surface area (Å²) in [5.74, 6) is 0. The van der Waals surface area contributed by atoms with Crippen molar-refractivity contribution < 1.29 is 4.79 Å². The first kappa shape index (κ1) is 21.4. The largest absolute Gasteiger partial charge is 0.298 e. The van der Waals surface area contributed by atoms with Gasteiger partial charge in [-0.15, -0.1) is 12.1 Å². The molecular formula is C33H23BO. The first-order valence-corrected chi connectivity index (χ1v) is 11.8. The van der Waals surface area contributed by atoms with Gasteiger partial charge in [-0.1, -0.05) is 97.1 Å². The Balaban J connectivity index is 1.68. The number of fused-ring (bicyclic) bond motifs is 7. The number of benzene rings is 4. The van der Waals surface area contributed by atoms with E-state index in [1.54, 1.807) is 0 Å². The van der Waals surface area contributed by atoms with Gasteiger partial charge in [-0.05, 0) is 68.6 Å². The van der Waals surface area contributed by atoms with Gasteiger partial charge in [-0.25, -0.2) is 0 Å². The highest BCUT2D eigenvalue weighted by Gasteiger charge is 2.50. The maximum Gasteiger partial charge on any atom is 0.150 e. The van der Waals surface area contributed by atoms with Crippen molar-refractivity contribution in [3.63, 3.8) is 0 Å². The summed E-state index contributed by atoms with van der Waals surface area (Å²) in [5.41, 5.74) is 13.2. The van der Waals surface area contributed by atoms with E-state index in [0.717, 1.165) is 17.4 Å². The third-order valence-electron chi connectivity index (χ3n) is 7.48. The Morgan fingerprint density at radius 1 is 0.771 bits per heavy atom. The summed E-state index contributed by atoms with van der Waals surface area (Å²) in [6, 6.07) is 32.0. The van der Waals surface area contributed by atoms with Gasteiger partial charge in [0.1, 0.15) is 14.1 Å². The van der Waals surface area contributed by atoms with Crippen LogP contribution in [-0.2, 0) is 5.41 Å². The molecule has 0 atom stereocenters. The smallest absolute Gasteiger partial charge is 0.150 e. The summed E-state index contributed by atoms with van der Waals surface area (Å²) < 4.78 is 0. The zero-order valence-corrected chi connectivity index (χ0v) is 19.6. The number of aldehydes is 1. The monoisotopic (exact) mass is 446 g/mol. The van der Waals surface area contributed by atoms with Gasteiger partial charge in [-0.2, -0.15) is 0 Å². The van der Waals surface area contributed by atoms with Crippen molar-refractivity contribution in [1.29, 1.82) is 0 Å². The maximum atomic E-state index is 11.2. The van der Waals surface area contributed by atoms with Crippen molar-refractivity contribution in [2.24, 2.45) is 0 Å². The summed E-state index contributed by atoms with van der Waals surface area (Å²) in [6.45, 7) is 6.12. The minimum absolute atomic E-state index is 0.378. The van der Waals surface area contributed by atoms with Gasteiger partial charge in [0.2, 0.25) is 0 Å². The molecular weight excluding hydrogens is 423 g/mol. The Morgan fingerprint density at radius 2 is 1.37 bits per heavy atom. The zero-order valence-electron chi connectivity index (χ0n) is 19.6. The van der Waals surface area contributed by atoms with Crippen LogP contribution in [0, 0.1) is 0 Å². The normalized spacial score (nSPS) is 14.8. The molecule has 2 radical (unpaired) electrons. The fourth-order valence-electron chi connectivity index (χ4n) is 5.96. The predicted octanol–water partition coefficient (Wildman–Crippen LogP) is 7.51. The van der Waals surface area contributed by atoms with E-state index in [0.29, 0.717) is 11.0 Å². The van der Waals surface area contributed by atoms with Crippen LogP contribution in [0.1, 0.15) is 39.5 Å². The molecule has 0 heterocycles. The molecule has 1 nitrogen and oxygen atoms in total. The van der Waals surface area contributed by atoms with Gasteiger partial charge in [0, 0.05) is 5.56 Å². The third-order valence-corrected chi connectivity index (χ3v) is 7.48. The van der Waals surface area contributed by atoms with Gasteiger partial charge in [0.15, 0.2) is 0 Å². The summed E-state index contributed by atoms with van der Waals surface area (Å²) in [7, 11) is 5.93. The van der Waals surface area contributed by atoms with Gasteiger partial charge in [0.05, 0.1) is 5.41 Å². The van der Waals surface area contributed by atoms with Crippen LogP contribution in [0.3, 0.4) is 0 Å². The molecule has 0 amide bonds. The van der Waals surface area contributed by atoms with Crippen LogP contribution in [0.4, 0.5) is 0 Å². The first-order chi connectivity index (χ1) is 17.1. The summed E-state index contributed by atoms with van der Waals surface area (Å²) in [6.07, 6.45) is 4.87. The fourth-order valence-corrected chi connectivity index (χ4v) is 5.96. The molecule has 4 aromatic carbocycles. The molecule has 1 spiro atoms. The molecule has 0 bridgehead atoms. The third kappa shape index (κ3) is 3.00. The Hall–Kier alpha value is -4.17. The maximum absolute atomic E-state index is 11.2. The number of carbonyl (C=O) groups excluding carboxylic acids is 1. The van der Waals surface area contributed by atoms with E-state index < -0.39 is 0 Å². The van der Waals surface area contributed by atoms with E-state index in [2.05, 4.69) is 86.3 Å². The predicted molar refractivity (Wildman–Crippen MR) is 146 cm³/mol. The molecule has 0 fully saturated rings. The van der Waals surface area contributed by atoms with Gasteiger partial charge < -0.3 is 0 Å². The number of hydrogen-bond donors (Lipinski definition) is 0. The van der Waals surface area contributed by atoms with Crippen LogP contribution in [0.2, 0.25) is 0 Å². The summed E-state index contributed by atoms with van der Waals surface area (Å²) >= 11 is 0. The minimum atomic E-state index is -0.378. The summed E-state index contributed by atoms with van der Waals surface area (Å²) in [5, 5.41) is 0. The molecule has 0 saturated heterocycles. The van der Waals surface area contributed by atoms with Crippen LogP contribution in [0.5, 0.6) is 0 Å². The van der Waals surface area contributed by atoms with Crippen molar-refractivity contribution in [2.75, 3.05) is 0 Å². The van der Waals surface area contributed by atoms with Gasteiger partial charge in [-0.3, -0.25) is 4.79 Å². The SMILES string of the molecule is [B]C(=C)/C=C\C1=C(C)C2(c3cc(-c4ccc(C=O)cc4)ccc31)c1ccccc1-c1ccccc12. The molecule has 0 unspecified atom stereocenters. The van der Waals surface area contributed by atoms with E-state index >= 15 is 0 Å². The molecule has 0 saturated carbocycles. The Morgan fingerprint density at radius 3 is 1.97 bits per heavy atom. The topological polar surface area (TPSA) is 17.1 Å². The van der Waals surface area contributed by atoms with Crippen molar-refractivity contribution in [3.8, 4) is 22.3 Å². The molecule has 2 heteroatoms. The fraction of sp³-hybridized carbons (Fsp3) is 0.0606. The van der Waals surface area contributed by atoms with Crippen molar-refractivity contribution in [1.82, 2.24) is 0 Å². The van der Waals surface area contributed by atoms with E-state index in [-0.39, 0.29) is 5.41 Å². The second-order valence-corrected chi connectivity index (χ2v) is 9.29. The molecule has 164 valence electrons. The highest BCUT2D eigenvalue weighted by Crippen LogP contribution is 2.62. The van der Waals surface area contributed by atoms with Crippen molar-refractivity contribution in [2.45, 2.75) is 12.3 Å². The average molecular weight is 446 g/mol. The average Bonchev–Trinajstić information content (AvgIpc) is 3.33. The molecule has 4 aromatic rings. The Kier molecular flexibility index (Phi) is 4.86. The minimum Gasteiger partial charge on any atom is -0.298 e. The lowest BCUT2D eigenvalue weighted by Crippen LogP contribution is -2.26. The second-order valence-electron chi connectivity index (χ2n) is 9.29. The van der Waals surface area contributed by atoms with Crippen LogP contribution in [0.15, 0.2) is 121 Å². The summed E-state index contributed by atoms with van der Waals surface area (Å²) in [4.78, 5) is 11.2. The lowest BCUT2D eigenvalue weighted by atomic mass is 9.70. The molecule has 0 aliphatic heterocycles. The Bertz CT molecular complexity index is 1540. The van der Waals surface area contributed by atoms with Crippen LogP contribution in [0.25, 0.3) is 27.8 Å². The quantitative estimate of drug-likeness (QED) is 0.180. The van der Waals surface area contributed by atoms with Crippen LogP contribution in [-0.4, -0.2) is 14.1 Å². The molecule has 0 N–H and O–H groups in total. The zero-order chi connectivity index (χ0) is 24.2. The molecule has 2 aliphatic rings. The second kappa shape index (κ2) is 7.96. The van der Waals surface area contributed by atoms with E-state index in [9.17, 15) is 4.79 Å². The highest BCUT2D eigenvalue weighted by molar-refractivity contribution is 6.23. The number of allylic oxidation sites excluding steroid dienone is 5.